The van der Waals surface area contributed by atoms with Crippen molar-refractivity contribution in [2.75, 3.05) is 36.0 Å². The molecular formula is C26H33N5O5. The smallest absolute Gasteiger partial charge is 0.330 e. The zero-order valence-electron chi connectivity index (χ0n) is 21.1. The van der Waals surface area contributed by atoms with Crippen LogP contribution in [-0.2, 0) is 25.7 Å². The number of carbonyl (C=O) groups excluding carboxylic acids is 3. The van der Waals surface area contributed by atoms with Gasteiger partial charge < -0.3 is 20.3 Å². The fourth-order valence-corrected chi connectivity index (χ4v) is 4.32. The molecule has 192 valence electrons. The Kier molecular flexibility index (Phi) is 8.52. The van der Waals surface area contributed by atoms with E-state index in [0.29, 0.717) is 23.1 Å². The molecule has 0 aliphatic heterocycles. The molecule has 1 heterocycles. The topological polar surface area (TPSA) is 120 Å². The van der Waals surface area contributed by atoms with Crippen molar-refractivity contribution in [1.82, 2.24) is 9.13 Å². The SMILES string of the molecule is CCOC(=O)Cn1c(=O)n(C(CN(C=O)c2ccc(N(CC)CC)cc2)C(N)=O)c2cc(C)ccc21. The molecule has 1 atom stereocenters. The summed E-state index contributed by atoms with van der Waals surface area (Å²) in [5.74, 6) is -1.35. The Labute approximate surface area is 209 Å². The Bertz CT molecular complexity index is 1290. The van der Waals surface area contributed by atoms with Gasteiger partial charge in [0.25, 0.3) is 0 Å². The number of rotatable bonds is 12. The number of imidazole rings is 1. The molecule has 10 nitrogen and oxygen atoms in total. The Balaban J connectivity index is 2.04. The number of benzene rings is 2. The van der Waals surface area contributed by atoms with E-state index in [4.69, 9.17) is 10.5 Å². The van der Waals surface area contributed by atoms with Crippen LogP contribution in [0.2, 0.25) is 0 Å². The van der Waals surface area contributed by atoms with Crippen molar-refractivity contribution in [2.45, 2.75) is 40.3 Å². The van der Waals surface area contributed by atoms with E-state index in [9.17, 15) is 19.2 Å². The molecule has 0 saturated heterocycles. The maximum Gasteiger partial charge on any atom is 0.330 e. The van der Waals surface area contributed by atoms with Crippen molar-refractivity contribution in [3.8, 4) is 0 Å². The quantitative estimate of drug-likeness (QED) is 0.304. The third-order valence-corrected chi connectivity index (χ3v) is 6.16. The van der Waals surface area contributed by atoms with Gasteiger partial charge in [-0.1, -0.05) is 6.07 Å². The molecule has 0 aliphatic carbocycles. The Morgan fingerprint density at radius 2 is 1.67 bits per heavy atom. The van der Waals surface area contributed by atoms with Crippen molar-refractivity contribution in [1.29, 1.82) is 0 Å². The van der Waals surface area contributed by atoms with E-state index < -0.39 is 23.6 Å². The summed E-state index contributed by atoms with van der Waals surface area (Å²) in [6.07, 6.45) is 0.608. The highest BCUT2D eigenvalue weighted by molar-refractivity contribution is 5.86. The largest absolute Gasteiger partial charge is 0.465 e. The summed E-state index contributed by atoms with van der Waals surface area (Å²) in [5.41, 5.74) is 8.50. The van der Waals surface area contributed by atoms with E-state index in [1.165, 1.54) is 14.0 Å². The van der Waals surface area contributed by atoms with E-state index in [0.717, 1.165) is 24.3 Å². The van der Waals surface area contributed by atoms with Gasteiger partial charge in [-0.15, -0.1) is 0 Å². The van der Waals surface area contributed by atoms with Crippen molar-refractivity contribution in [3.05, 3.63) is 58.5 Å². The highest BCUT2D eigenvalue weighted by Gasteiger charge is 2.28. The number of carbonyl (C=O) groups is 3. The molecule has 0 fully saturated rings. The maximum atomic E-state index is 13.5. The van der Waals surface area contributed by atoms with Gasteiger partial charge in [-0.25, -0.2) is 4.79 Å². The van der Waals surface area contributed by atoms with Gasteiger partial charge in [-0.05, 0) is 69.7 Å². The Morgan fingerprint density at radius 1 is 1.03 bits per heavy atom. The zero-order chi connectivity index (χ0) is 26.4. The van der Waals surface area contributed by atoms with Crippen molar-refractivity contribution in [3.63, 3.8) is 0 Å². The lowest BCUT2D eigenvalue weighted by molar-refractivity contribution is -0.143. The van der Waals surface area contributed by atoms with E-state index in [1.807, 2.05) is 25.1 Å². The second-order valence-corrected chi connectivity index (χ2v) is 8.40. The molecule has 0 bridgehead atoms. The molecule has 3 rings (SSSR count). The minimum atomic E-state index is -1.17. The van der Waals surface area contributed by atoms with Gasteiger partial charge in [-0.3, -0.25) is 23.5 Å². The predicted octanol–water partition coefficient (Wildman–Crippen LogP) is 2.21. The molecule has 2 aromatic carbocycles. The highest BCUT2D eigenvalue weighted by atomic mass is 16.5. The normalized spacial score (nSPS) is 11.8. The average Bonchev–Trinajstić information content (AvgIpc) is 3.11. The first-order chi connectivity index (χ1) is 17.2. The van der Waals surface area contributed by atoms with Gasteiger partial charge >= 0.3 is 11.7 Å². The number of esters is 1. The molecule has 0 aliphatic rings. The molecule has 0 radical (unpaired) electrons. The van der Waals surface area contributed by atoms with Gasteiger partial charge in [0.2, 0.25) is 12.3 Å². The van der Waals surface area contributed by atoms with Gasteiger partial charge in [0.1, 0.15) is 12.6 Å². The summed E-state index contributed by atoms with van der Waals surface area (Å²) in [6.45, 7) is 9.05. The third-order valence-electron chi connectivity index (χ3n) is 6.16. The van der Waals surface area contributed by atoms with Crippen molar-refractivity contribution >= 4 is 40.7 Å². The summed E-state index contributed by atoms with van der Waals surface area (Å²) >= 11 is 0. The molecule has 3 aromatic rings. The van der Waals surface area contributed by atoms with Crippen LogP contribution in [0.1, 0.15) is 32.4 Å². The van der Waals surface area contributed by atoms with E-state index in [1.54, 1.807) is 31.2 Å². The summed E-state index contributed by atoms with van der Waals surface area (Å²) < 4.78 is 7.53. The number of ether oxygens (including phenoxy) is 1. The molecule has 1 unspecified atom stereocenters. The first kappa shape index (κ1) is 26.5. The van der Waals surface area contributed by atoms with Gasteiger partial charge in [0, 0.05) is 24.5 Å². The number of anilines is 2. The highest BCUT2D eigenvalue weighted by Crippen LogP contribution is 2.24. The molecule has 2 N–H and O–H groups in total. The lowest BCUT2D eigenvalue weighted by atomic mass is 10.2. The molecule has 0 spiro atoms. The predicted molar refractivity (Wildman–Crippen MR) is 139 cm³/mol. The van der Waals surface area contributed by atoms with Crippen molar-refractivity contribution in [2.24, 2.45) is 5.73 Å². The molecule has 10 heteroatoms. The van der Waals surface area contributed by atoms with Crippen LogP contribution in [0.5, 0.6) is 0 Å². The lowest BCUT2D eigenvalue weighted by Crippen LogP contribution is -2.42. The monoisotopic (exact) mass is 495 g/mol. The molecule has 36 heavy (non-hydrogen) atoms. The number of aromatic nitrogens is 2. The minimum absolute atomic E-state index is 0.157. The van der Waals surface area contributed by atoms with Crippen LogP contribution < -0.4 is 21.2 Å². The number of primary amides is 1. The van der Waals surface area contributed by atoms with Crippen LogP contribution in [0.15, 0.2) is 47.3 Å². The fraction of sp³-hybridized carbons (Fsp3) is 0.385. The summed E-state index contributed by atoms with van der Waals surface area (Å²) in [5, 5.41) is 0. The van der Waals surface area contributed by atoms with Crippen LogP contribution in [0, 0.1) is 6.92 Å². The fourth-order valence-electron chi connectivity index (χ4n) is 4.32. The van der Waals surface area contributed by atoms with Crippen LogP contribution in [0.4, 0.5) is 11.4 Å². The number of hydrogen-bond donors (Lipinski definition) is 1. The van der Waals surface area contributed by atoms with Crippen molar-refractivity contribution < 1.29 is 19.1 Å². The van der Waals surface area contributed by atoms with Crippen LogP contribution in [-0.4, -0.2) is 53.7 Å². The molecule has 1 aromatic heterocycles. The summed E-state index contributed by atoms with van der Waals surface area (Å²) in [7, 11) is 0. The third kappa shape index (κ3) is 5.42. The van der Waals surface area contributed by atoms with E-state index in [2.05, 4.69) is 18.7 Å². The number of nitrogens with two attached hydrogens (primary N) is 1. The Morgan fingerprint density at radius 3 is 2.22 bits per heavy atom. The first-order valence-electron chi connectivity index (χ1n) is 12.0. The number of fused-ring (bicyclic) bond motifs is 1. The maximum absolute atomic E-state index is 13.5. The standard InChI is InChI=1S/C26H33N5O5/c1-5-28(6-2)19-9-11-20(12-10-19)29(17-32)15-23(25(27)34)31-22-14-18(4)8-13-21(22)30(26(31)35)16-24(33)36-7-3/h8-14,17,23H,5-7,15-16H2,1-4H3,(H2,27,34). The summed E-state index contributed by atoms with van der Waals surface area (Å²) in [6, 6.07) is 11.5. The lowest BCUT2D eigenvalue weighted by Gasteiger charge is -2.25. The van der Waals surface area contributed by atoms with Crippen LogP contribution in [0.25, 0.3) is 11.0 Å². The second-order valence-electron chi connectivity index (χ2n) is 8.40. The summed E-state index contributed by atoms with van der Waals surface area (Å²) in [4.78, 5) is 53.9. The van der Waals surface area contributed by atoms with Gasteiger partial charge in [0.05, 0.1) is 24.2 Å². The van der Waals surface area contributed by atoms with Crippen LogP contribution >= 0.6 is 0 Å². The number of nitrogens with zero attached hydrogens (tertiary/aromatic N) is 4. The molecular weight excluding hydrogens is 462 g/mol. The number of aryl methyl sites for hydroxylation is 1. The number of hydrogen-bond acceptors (Lipinski definition) is 6. The second kappa shape index (κ2) is 11.6. The minimum Gasteiger partial charge on any atom is -0.465 e. The molecule has 0 saturated carbocycles. The van der Waals surface area contributed by atoms with E-state index in [-0.39, 0.29) is 19.7 Å². The molecule has 2 amide bonds. The van der Waals surface area contributed by atoms with Crippen LogP contribution in [0.3, 0.4) is 0 Å². The van der Waals surface area contributed by atoms with E-state index >= 15 is 0 Å². The van der Waals surface area contributed by atoms with Gasteiger partial charge in [0.15, 0.2) is 0 Å². The zero-order valence-corrected chi connectivity index (χ0v) is 21.1. The number of amides is 2. The Hall–Kier alpha value is -4.08. The van der Waals surface area contributed by atoms with Gasteiger partial charge in [-0.2, -0.15) is 0 Å². The average molecular weight is 496 g/mol. The first-order valence-corrected chi connectivity index (χ1v) is 12.0.